The van der Waals surface area contributed by atoms with Crippen LogP contribution in [0.5, 0.6) is 0 Å². The van der Waals surface area contributed by atoms with Crippen LogP contribution in [0.25, 0.3) is 10.6 Å². The molecule has 0 aliphatic heterocycles. The molecule has 0 atom stereocenters. The smallest absolute Gasteiger partial charge is 0.257 e. The van der Waals surface area contributed by atoms with Crippen molar-refractivity contribution < 1.29 is 9.32 Å². The van der Waals surface area contributed by atoms with Crippen LogP contribution in [0.1, 0.15) is 21.7 Å². The lowest BCUT2D eigenvalue weighted by Gasteiger charge is -2.04. The number of thiophene rings is 1. The highest BCUT2D eigenvalue weighted by Gasteiger charge is 2.22. The van der Waals surface area contributed by atoms with E-state index < -0.39 is 0 Å². The van der Waals surface area contributed by atoms with Gasteiger partial charge in [0.05, 0.1) is 22.8 Å². The van der Waals surface area contributed by atoms with Crippen molar-refractivity contribution in [2.75, 3.05) is 0 Å². The maximum absolute atomic E-state index is 12.4. The normalized spacial score (nSPS) is 10.5. The zero-order valence-corrected chi connectivity index (χ0v) is 12.2. The molecule has 3 heterocycles. The van der Waals surface area contributed by atoms with E-state index in [9.17, 15) is 4.79 Å². The molecule has 3 aromatic rings. The van der Waals surface area contributed by atoms with Crippen LogP contribution in [0, 0.1) is 6.92 Å². The van der Waals surface area contributed by atoms with E-state index in [1.807, 2.05) is 35.7 Å². The van der Waals surface area contributed by atoms with Crippen LogP contribution in [-0.4, -0.2) is 16.0 Å². The monoisotopic (exact) mass is 299 g/mol. The molecule has 0 bridgehead atoms. The average Bonchev–Trinajstić information content (AvgIpc) is 3.15. The Morgan fingerprint density at radius 1 is 1.33 bits per heavy atom. The minimum atomic E-state index is -0.206. The number of hydrogen-bond donors (Lipinski definition) is 1. The summed E-state index contributed by atoms with van der Waals surface area (Å²) in [5.74, 6) is 0.309. The van der Waals surface area contributed by atoms with Gasteiger partial charge in [0.2, 0.25) is 0 Å². The molecule has 0 saturated carbocycles. The van der Waals surface area contributed by atoms with Crippen LogP contribution in [0.2, 0.25) is 0 Å². The molecule has 0 spiro atoms. The van der Waals surface area contributed by atoms with Crippen molar-refractivity contribution in [2.45, 2.75) is 13.5 Å². The maximum Gasteiger partial charge on any atom is 0.257 e. The summed E-state index contributed by atoms with van der Waals surface area (Å²) in [4.78, 5) is 17.4. The van der Waals surface area contributed by atoms with Gasteiger partial charge in [0, 0.05) is 6.20 Å². The van der Waals surface area contributed by atoms with Gasteiger partial charge in [0.15, 0.2) is 5.76 Å². The van der Waals surface area contributed by atoms with Crippen LogP contribution in [0.15, 0.2) is 46.4 Å². The number of carbonyl (C=O) groups excluding carboxylic acids is 1. The van der Waals surface area contributed by atoms with Crippen molar-refractivity contribution >= 4 is 17.2 Å². The molecule has 21 heavy (non-hydrogen) atoms. The van der Waals surface area contributed by atoms with E-state index in [1.54, 1.807) is 13.1 Å². The van der Waals surface area contributed by atoms with Gasteiger partial charge < -0.3 is 9.84 Å². The van der Waals surface area contributed by atoms with Crippen LogP contribution < -0.4 is 5.32 Å². The third-order valence-electron chi connectivity index (χ3n) is 2.99. The fourth-order valence-electron chi connectivity index (χ4n) is 1.97. The lowest BCUT2D eigenvalue weighted by Crippen LogP contribution is -2.24. The van der Waals surface area contributed by atoms with Gasteiger partial charge in [-0.15, -0.1) is 11.3 Å². The highest BCUT2D eigenvalue weighted by atomic mass is 32.1. The molecule has 5 nitrogen and oxygen atoms in total. The molecule has 1 N–H and O–H groups in total. The topological polar surface area (TPSA) is 68.0 Å². The summed E-state index contributed by atoms with van der Waals surface area (Å²) in [6.07, 6.45) is 1.70. The Kier molecular flexibility index (Phi) is 3.79. The standard InChI is InChI=1S/C15H13N3O2S/c1-10-13(14(20-18-10)12-6-4-8-21-12)15(19)17-9-11-5-2-3-7-16-11/h2-8H,9H2,1H3,(H,17,19). The Bertz CT molecular complexity index is 736. The lowest BCUT2D eigenvalue weighted by atomic mass is 10.1. The quantitative estimate of drug-likeness (QED) is 0.804. The Labute approximate surface area is 125 Å². The molecule has 1 amide bonds. The summed E-state index contributed by atoms with van der Waals surface area (Å²) in [6, 6.07) is 9.40. The number of nitrogens with zero attached hydrogens (tertiary/aromatic N) is 2. The first kappa shape index (κ1) is 13.5. The van der Waals surface area contributed by atoms with E-state index in [-0.39, 0.29) is 5.91 Å². The summed E-state index contributed by atoms with van der Waals surface area (Å²) in [7, 11) is 0. The average molecular weight is 299 g/mol. The molecule has 3 aromatic heterocycles. The first-order chi connectivity index (χ1) is 10.3. The third-order valence-corrected chi connectivity index (χ3v) is 3.86. The SMILES string of the molecule is Cc1noc(-c2cccs2)c1C(=O)NCc1ccccn1. The van der Waals surface area contributed by atoms with E-state index >= 15 is 0 Å². The number of pyridine rings is 1. The number of hydrogen-bond acceptors (Lipinski definition) is 5. The summed E-state index contributed by atoms with van der Waals surface area (Å²) < 4.78 is 5.30. The zero-order chi connectivity index (χ0) is 14.7. The number of rotatable bonds is 4. The number of carbonyl (C=O) groups is 1. The Morgan fingerprint density at radius 2 is 2.24 bits per heavy atom. The van der Waals surface area contributed by atoms with Gasteiger partial charge >= 0.3 is 0 Å². The van der Waals surface area contributed by atoms with Crippen molar-refractivity contribution in [2.24, 2.45) is 0 Å². The second-order valence-electron chi connectivity index (χ2n) is 4.45. The summed E-state index contributed by atoms with van der Waals surface area (Å²) >= 11 is 1.51. The predicted molar refractivity (Wildman–Crippen MR) is 80.0 cm³/mol. The van der Waals surface area contributed by atoms with Crippen LogP contribution >= 0.6 is 11.3 Å². The molecular weight excluding hydrogens is 286 g/mol. The first-order valence-corrected chi connectivity index (χ1v) is 7.32. The third kappa shape index (κ3) is 2.85. The second kappa shape index (κ2) is 5.88. The number of aromatic nitrogens is 2. The fourth-order valence-corrected chi connectivity index (χ4v) is 2.68. The van der Waals surface area contributed by atoms with E-state index in [0.717, 1.165) is 10.6 Å². The van der Waals surface area contributed by atoms with Gasteiger partial charge in [-0.25, -0.2) is 0 Å². The Morgan fingerprint density at radius 3 is 2.95 bits per heavy atom. The molecule has 0 aliphatic rings. The van der Waals surface area contributed by atoms with Gasteiger partial charge in [0.25, 0.3) is 5.91 Å². The molecule has 106 valence electrons. The largest absolute Gasteiger partial charge is 0.354 e. The molecule has 6 heteroatoms. The summed E-state index contributed by atoms with van der Waals surface area (Å²) in [5.41, 5.74) is 1.86. The Balaban J connectivity index is 1.80. The first-order valence-electron chi connectivity index (χ1n) is 6.44. The van der Waals surface area contributed by atoms with Gasteiger partial charge in [-0.2, -0.15) is 0 Å². The lowest BCUT2D eigenvalue weighted by molar-refractivity contribution is 0.0950. The van der Waals surface area contributed by atoms with Crippen LogP contribution in [0.3, 0.4) is 0 Å². The molecule has 0 unspecified atom stereocenters. The molecule has 0 aromatic carbocycles. The molecule has 3 rings (SSSR count). The van der Waals surface area contributed by atoms with Gasteiger partial charge in [-0.05, 0) is 30.5 Å². The molecular formula is C15H13N3O2S. The van der Waals surface area contributed by atoms with E-state index in [2.05, 4.69) is 15.5 Å². The van der Waals surface area contributed by atoms with Crippen molar-refractivity contribution in [3.8, 4) is 10.6 Å². The fraction of sp³-hybridized carbons (Fsp3) is 0.133. The zero-order valence-electron chi connectivity index (χ0n) is 11.4. The van der Waals surface area contributed by atoms with Crippen LogP contribution in [0.4, 0.5) is 0 Å². The van der Waals surface area contributed by atoms with Crippen molar-refractivity contribution in [1.29, 1.82) is 0 Å². The minimum Gasteiger partial charge on any atom is -0.354 e. The van der Waals surface area contributed by atoms with Crippen molar-refractivity contribution in [3.05, 3.63) is 58.9 Å². The highest BCUT2D eigenvalue weighted by molar-refractivity contribution is 7.13. The Hall–Kier alpha value is -2.47. The van der Waals surface area contributed by atoms with Crippen molar-refractivity contribution in [3.63, 3.8) is 0 Å². The number of amides is 1. The van der Waals surface area contributed by atoms with Crippen molar-refractivity contribution in [1.82, 2.24) is 15.5 Å². The molecule has 0 fully saturated rings. The van der Waals surface area contributed by atoms with Gasteiger partial charge in [-0.3, -0.25) is 9.78 Å². The second-order valence-corrected chi connectivity index (χ2v) is 5.40. The summed E-state index contributed by atoms with van der Waals surface area (Å²) in [5, 5.41) is 8.68. The van der Waals surface area contributed by atoms with Crippen LogP contribution in [-0.2, 0) is 6.54 Å². The highest BCUT2D eigenvalue weighted by Crippen LogP contribution is 2.29. The molecule has 0 saturated heterocycles. The van der Waals surface area contributed by atoms with E-state index in [4.69, 9.17) is 4.52 Å². The van der Waals surface area contributed by atoms with Gasteiger partial charge in [0.1, 0.15) is 5.56 Å². The predicted octanol–water partition coefficient (Wildman–Crippen LogP) is 3.04. The number of aryl methyl sites for hydroxylation is 1. The van der Waals surface area contributed by atoms with E-state index in [1.165, 1.54) is 11.3 Å². The van der Waals surface area contributed by atoms with Gasteiger partial charge in [-0.1, -0.05) is 17.3 Å². The van der Waals surface area contributed by atoms with E-state index in [0.29, 0.717) is 23.6 Å². The maximum atomic E-state index is 12.4. The minimum absolute atomic E-state index is 0.206. The molecule has 0 aliphatic carbocycles. The molecule has 0 radical (unpaired) electrons. The summed E-state index contributed by atoms with van der Waals surface area (Å²) in [6.45, 7) is 2.13. The number of nitrogens with one attached hydrogen (secondary N) is 1.